The van der Waals surface area contributed by atoms with Crippen molar-refractivity contribution in [1.29, 1.82) is 0 Å². The van der Waals surface area contributed by atoms with Crippen LogP contribution in [0.2, 0.25) is 0 Å². The zero-order valence-corrected chi connectivity index (χ0v) is 16.8. The van der Waals surface area contributed by atoms with E-state index in [2.05, 4.69) is 20.9 Å². The van der Waals surface area contributed by atoms with Gasteiger partial charge in [0.1, 0.15) is 5.75 Å². The summed E-state index contributed by atoms with van der Waals surface area (Å²) in [6, 6.07) is 11.7. The van der Waals surface area contributed by atoms with Gasteiger partial charge in [-0.05, 0) is 37.8 Å². The molecule has 7 heteroatoms. The molecule has 0 aliphatic rings. The van der Waals surface area contributed by atoms with Crippen LogP contribution in [-0.4, -0.2) is 38.1 Å². The Morgan fingerprint density at radius 2 is 1.89 bits per heavy atom. The van der Waals surface area contributed by atoms with E-state index in [9.17, 15) is 4.79 Å². The summed E-state index contributed by atoms with van der Waals surface area (Å²) in [5, 5.41) is 11.4. The maximum absolute atomic E-state index is 11.9. The minimum atomic E-state index is -0.0156. The van der Waals surface area contributed by atoms with E-state index in [4.69, 9.17) is 4.74 Å². The molecule has 0 bridgehead atoms. The second-order valence-corrected chi connectivity index (χ2v) is 6.70. The van der Waals surface area contributed by atoms with Gasteiger partial charge in [0.05, 0.1) is 18.0 Å². The predicted molar refractivity (Wildman–Crippen MR) is 112 cm³/mol. The van der Waals surface area contributed by atoms with Gasteiger partial charge in [0.25, 0.3) is 5.91 Å². The molecule has 0 fully saturated rings. The van der Waals surface area contributed by atoms with Crippen LogP contribution in [0, 0.1) is 0 Å². The van der Waals surface area contributed by atoms with Crippen molar-refractivity contribution in [2.75, 3.05) is 26.2 Å². The third kappa shape index (κ3) is 7.30. The van der Waals surface area contributed by atoms with Gasteiger partial charge >= 0.3 is 0 Å². The third-order valence-corrected chi connectivity index (χ3v) is 4.57. The lowest BCUT2D eigenvalue weighted by atomic mass is 10.2. The highest BCUT2D eigenvalue weighted by molar-refractivity contribution is 7.12. The SMILES string of the molecule is CCNC(=NCc1ccccc1OCC)NCCCNC(=O)c1cccs1. The van der Waals surface area contributed by atoms with Crippen LogP contribution in [-0.2, 0) is 6.54 Å². The van der Waals surface area contributed by atoms with Gasteiger partial charge in [-0.3, -0.25) is 4.79 Å². The third-order valence-electron chi connectivity index (χ3n) is 3.70. The molecule has 0 aliphatic carbocycles. The molecule has 1 aromatic carbocycles. The van der Waals surface area contributed by atoms with Crippen LogP contribution in [0.5, 0.6) is 5.75 Å². The van der Waals surface area contributed by atoms with E-state index in [1.807, 2.05) is 55.6 Å². The van der Waals surface area contributed by atoms with Crippen molar-refractivity contribution in [2.24, 2.45) is 4.99 Å². The fourth-order valence-corrected chi connectivity index (χ4v) is 3.07. The Kier molecular flexibility index (Phi) is 9.20. The molecule has 27 heavy (non-hydrogen) atoms. The molecule has 3 N–H and O–H groups in total. The van der Waals surface area contributed by atoms with Crippen molar-refractivity contribution < 1.29 is 9.53 Å². The molecule has 1 amide bonds. The molecule has 1 aromatic heterocycles. The molecular formula is C20H28N4O2S. The largest absolute Gasteiger partial charge is 0.494 e. The van der Waals surface area contributed by atoms with Crippen LogP contribution in [0.15, 0.2) is 46.8 Å². The van der Waals surface area contributed by atoms with E-state index in [0.29, 0.717) is 19.7 Å². The van der Waals surface area contributed by atoms with Crippen LogP contribution in [0.25, 0.3) is 0 Å². The van der Waals surface area contributed by atoms with Crippen LogP contribution >= 0.6 is 11.3 Å². The molecule has 146 valence electrons. The molecule has 2 rings (SSSR count). The lowest BCUT2D eigenvalue weighted by Crippen LogP contribution is -2.38. The molecule has 1 heterocycles. The van der Waals surface area contributed by atoms with E-state index >= 15 is 0 Å². The summed E-state index contributed by atoms with van der Waals surface area (Å²) in [6.07, 6.45) is 0.817. The lowest BCUT2D eigenvalue weighted by Gasteiger charge is -2.12. The molecular weight excluding hydrogens is 360 g/mol. The highest BCUT2D eigenvalue weighted by Crippen LogP contribution is 2.18. The summed E-state index contributed by atoms with van der Waals surface area (Å²) >= 11 is 1.45. The van der Waals surface area contributed by atoms with Crippen LogP contribution in [0.3, 0.4) is 0 Å². The number of ether oxygens (including phenoxy) is 1. The first-order chi connectivity index (χ1) is 13.2. The monoisotopic (exact) mass is 388 g/mol. The van der Waals surface area contributed by atoms with Crippen molar-refractivity contribution in [2.45, 2.75) is 26.8 Å². The number of carbonyl (C=O) groups excluding carboxylic acids is 1. The molecule has 0 saturated heterocycles. The molecule has 6 nitrogen and oxygen atoms in total. The van der Waals surface area contributed by atoms with Crippen molar-refractivity contribution in [3.63, 3.8) is 0 Å². The zero-order valence-electron chi connectivity index (χ0n) is 16.0. The zero-order chi connectivity index (χ0) is 19.3. The first-order valence-electron chi connectivity index (χ1n) is 9.29. The molecule has 0 saturated carbocycles. The van der Waals surface area contributed by atoms with E-state index in [-0.39, 0.29) is 5.91 Å². The molecule has 2 aromatic rings. The van der Waals surface area contributed by atoms with E-state index in [1.165, 1.54) is 11.3 Å². The van der Waals surface area contributed by atoms with Gasteiger partial charge in [-0.1, -0.05) is 24.3 Å². The number of thiophene rings is 1. The Balaban J connectivity index is 1.77. The maximum Gasteiger partial charge on any atom is 0.261 e. The Hall–Kier alpha value is -2.54. The predicted octanol–water partition coefficient (Wildman–Crippen LogP) is 3.02. The van der Waals surface area contributed by atoms with Gasteiger partial charge in [0.15, 0.2) is 5.96 Å². The van der Waals surface area contributed by atoms with Gasteiger partial charge < -0.3 is 20.7 Å². The maximum atomic E-state index is 11.9. The topological polar surface area (TPSA) is 74.8 Å². The molecule has 0 atom stereocenters. The summed E-state index contributed by atoms with van der Waals surface area (Å²) in [7, 11) is 0. The molecule has 0 aliphatic heterocycles. The summed E-state index contributed by atoms with van der Waals surface area (Å²) in [4.78, 5) is 17.3. The summed E-state index contributed by atoms with van der Waals surface area (Å²) in [6.45, 7) is 7.32. The van der Waals surface area contributed by atoms with Crippen LogP contribution < -0.4 is 20.7 Å². The van der Waals surface area contributed by atoms with Crippen molar-refractivity contribution in [3.8, 4) is 5.75 Å². The molecule has 0 radical (unpaired) electrons. The number of rotatable bonds is 10. The first-order valence-corrected chi connectivity index (χ1v) is 10.2. The van der Waals surface area contributed by atoms with Crippen molar-refractivity contribution >= 4 is 23.2 Å². The number of benzene rings is 1. The number of para-hydroxylation sites is 1. The van der Waals surface area contributed by atoms with Gasteiger partial charge in [0.2, 0.25) is 0 Å². The number of nitrogens with one attached hydrogen (secondary N) is 3. The van der Waals surface area contributed by atoms with E-state index < -0.39 is 0 Å². The summed E-state index contributed by atoms with van der Waals surface area (Å²) < 4.78 is 5.65. The van der Waals surface area contributed by atoms with Crippen molar-refractivity contribution in [3.05, 3.63) is 52.2 Å². The smallest absolute Gasteiger partial charge is 0.261 e. The Morgan fingerprint density at radius 3 is 2.63 bits per heavy atom. The standard InChI is InChI=1S/C20H28N4O2S/c1-3-21-20(24-15-16-9-5-6-10-17(16)26-4-2)23-13-8-12-22-19(25)18-11-7-14-27-18/h5-7,9-11,14H,3-4,8,12-13,15H2,1-2H3,(H,22,25)(H2,21,23,24). The quantitative estimate of drug-likeness (QED) is 0.332. The minimum Gasteiger partial charge on any atom is -0.494 e. The minimum absolute atomic E-state index is 0.0156. The lowest BCUT2D eigenvalue weighted by molar-refractivity contribution is 0.0957. The second-order valence-electron chi connectivity index (χ2n) is 5.75. The fourth-order valence-electron chi connectivity index (χ4n) is 2.43. The average Bonchev–Trinajstić information content (AvgIpc) is 3.22. The normalized spacial score (nSPS) is 11.1. The van der Waals surface area contributed by atoms with Gasteiger partial charge in [-0.25, -0.2) is 4.99 Å². The fraction of sp³-hybridized carbons (Fsp3) is 0.400. The number of aliphatic imine (C=N–C) groups is 1. The van der Waals surface area contributed by atoms with Gasteiger partial charge in [0, 0.05) is 25.2 Å². The molecule has 0 spiro atoms. The second kappa shape index (κ2) is 12.0. The Labute approximate surface area is 165 Å². The summed E-state index contributed by atoms with van der Waals surface area (Å²) in [5.74, 6) is 1.61. The van der Waals surface area contributed by atoms with E-state index in [1.54, 1.807) is 0 Å². The van der Waals surface area contributed by atoms with Crippen LogP contribution in [0.4, 0.5) is 0 Å². The van der Waals surface area contributed by atoms with Gasteiger partial charge in [-0.2, -0.15) is 0 Å². The Bertz CT molecular complexity index is 717. The van der Waals surface area contributed by atoms with Crippen LogP contribution in [0.1, 0.15) is 35.5 Å². The first kappa shape index (κ1) is 20.8. The Morgan fingerprint density at radius 1 is 1.07 bits per heavy atom. The van der Waals surface area contributed by atoms with Gasteiger partial charge in [-0.15, -0.1) is 11.3 Å². The number of guanidine groups is 1. The van der Waals surface area contributed by atoms with Crippen molar-refractivity contribution in [1.82, 2.24) is 16.0 Å². The highest BCUT2D eigenvalue weighted by Gasteiger charge is 2.05. The van der Waals surface area contributed by atoms with E-state index in [0.717, 1.165) is 41.7 Å². The molecule has 0 unspecified atom stereocenters. The highest BCUT2D eigenvalue weighted by atomic mass is 32.1. The number of carbonyl (C=O) groups is 1. The average molecular weight is 389 g/mol. The number of amides is 1. The summed E-state index contributed by atoms with van der Waals surface area (Å²) in [5.41, 5.74) is 1.06. The number of hydrogen-bond acceptors (Lipinski definition) is 4. The number of hydrogen-bond donors (Lipinski definition) is 3. The number of nitrogens with zero attached hydrogens (tertiary/aromatic N) is 1.